The lowest BCUT2D eigenvalue weighted by Gasteiger charge is -2.30. The molecule has 2 bridgehead atoms. The third-order valence-electron chi connectivity index (χ3n) is 5.43. The van der Waals surface area contributed by atoms with Crippen LogP contribution in [0.3, 0.4) is 0 Å². The number of amides is 1. The molecule has 0 unspecified atom stereocenters. The number of fused-ring (bicyclic) bond motifs is 2. The molecule has 1 amide bonds. The van der Waals surface area contributed by atoms with Crippen molar-refractivity contribution in [2.45, 2.75) is 25.3 Å². The van der Waals surface area contributed by atoms with Crippen LogP contribution < -0.4 is 5.32 Å². The van der Waals surface area contributed by atoms with E-state index < -0.39 is 0 Å². The van der Waals surface area contributed by atoms with Gasteiger partial charge in [-0.2, -0.15) is 0 Å². The van der Waals surface area contributed by atoms with Crippen LogP contribution in [0, 0.1) is 22.6 Å². The number of aromatic nitrogens is 2. The Morgan fingerprint density at radius 3 is 2.75 bits per heavy atom. The van der Waals surface area contributed by atoms with E-state index in [2.05, 4.69) is 15.5 Å². The number of carbonyl (C=O) groups is 1. The van der Waals surface area contributed by atoms with Crippen molar-refractivity contribution in [3.05, 3.63) is 34.7 Å². The Bertz CT molecular complexity index is 798. The van der Waals surface area contributed by atoms with Gasteiger partial charge in [-0.15, -0.1) is 5.10 Å². The Hall–Kier alpha value is -1.99. The molecule has 4 rings (SSSR count). The summed E-state index contributed by atoms with van der Waals surface area (Å²) in [6.07, 6.45) is 3.45. The quantitative estimate of drug-likeness (QED) is 0.741. The van der Waals surface area contributed by atoms with E-state index >= 15 is 0 Å². The second-order valence-corrected chi connectivity index (χ2v) is 7.05. The molecule has 3 N–H and O–H groups in total. The van der Waals surface area contributed by atoms with Crippen molar-refractivity contribution in [2.24, 2.45) is 17.8 Å². The van der Waals surface area contributed by atoms with E-state index in [1.807, 2.05) is 0 Å². The van der Waals surface area contributed by atoms with E-state index in [0.29, 0.717) is 23.3 Å². The van der Waals surface area contributed by atoms with Crippen LogP contribution in [0.4, 0.5) is 0 Å². The van der Waals surface area contributed by atoms with Crippen molar-refractivity contribution in [1.82, 2.24) is 15.5 Å². The SMILES string of the molecule is O=C(N[C@H]1[C@H]2CC[C@@H](C2)[C@@H]1CO)c1ccc(-c2n[nH]c(=S)o2)cc1. The monoisotopic (exact) mass is 345 g/mol. The summed E-state index contributed by atoms with van der Waals surface area (Å²) in [6.45, 7) is 0.148. The highest BCUT2D eigenvalue weighted by Crippen LogP contribution is 2.48. The zero-order valence-corrected chi connectivity index (χ0v) is 13.9. The van der Waals surface area contributed by atoms with Gasteiger partial charge in [0.15, 0.2) is 0 Å². The van der Waals surface area contributed by atoms with E-state index in [0.717, 1.165) is 18.4 Å². The van der Waals surface area contributed by atoms with Crippen LogP contribution in [0.15, 0.2) is 28.7 Å². The molecule has 7 heteroatoms. The predicted molar refractivity (Wildman–Crippen MR) is 89.8 cm³/mol. The molecule has 0 aliphatic heterocycles. The molecule has 1 aromatic carbocycles. The van der Waals surface area contributed by atoms with Crippen LogP contribution in [0.1, 0.15) is 29.6 Å². The number of H-pyrrole nitrogens is 1. The number of hydrogen-bond acceptors (Lipinski definition) is 5. The van der Waals surface area contributed by atoms with E-state index in [4.69, 9.17) is 16.6 Å². The number of rotatable bonds is 4. The molecule has 1 aromatic heterocycles. The van der Waals surface area contributed by atoms with Gasteiger partial charge in [-0.05, 0) is 67.6 Å². The number of nitrogens with zero attached hydrogens (tertiary/aromatic N) is 1. The van der Waals surface area contributed by atoms with Crippen molar-refractivity contribution in [3.8, 4) is 11.5 Å². The standard InChI is InChI=1S/C17H19N3O3S/c21-8-13-11-5-6-12(7-11)14(13)18-15(22)9-1-3-10(4-2-9)16-19-20-17(24)23-16/h1-4,11-14,21H,5-8H2,(H,18,22)(H,20,24)/t11-,12-,13-,14-/m0/s1. The minimum absolute atomic E-state index is 0.0880. The van der Waals surface area contributed by atoms with Gasteiger partial charge in [-0.3, -0.25) is 4.79 Å². The van der Waals surface area contributed by atoms with Crippen molar-refractivity contribution in [2.75, 3.05) is 6.61 Å². The number of aliphatic hydroxyl groups excluding tert-OH is 1. The molecule has 2 aliphatic carbocycles. The summed E-state index contributed by atoms with van der Waals surface area (Å²) in [5.74, 6) is 1.56. The largest absolute Gasteiger partial charge is 0.409 e. The Balaban J connectivity index is 1.48. The highest BCUT2D eigenvalue weighted by molar-refractivity contribution is 7.71. The molecule has 2 fully saturated rings. The Morgan fingerprint density at radius 2 is 2.08 bits per heavy atom. The third-order valence-corrected chi connectivity index (χ3v) is 5.60. The lowest BCUT2D eigenvalue weighted by atomic mass is 9.85. The first-order chi connectivity index (χ1) is 11.7. The average molecular weight is 345 g/mol. The number of hydrogen-bond donors (Lipinski definition) is 3. The van der Waals surface area contributed by atoms with Crippen molar-refractivity contribution in [1.29, 1.82) is 0 Å². The van der Waals surface area contributed by atoms with Gasteiger partial charge in [0.25, 0.3) is 10.7 Å². The van der Waals surface area contributed by atoms with Gasteiger partial charge in [-0.25, -0.2) is 5.10 Å². The van der Waals surface area contributed by atoms with E-state index in [1.165, 1.54) is 6.42 Å². The molecule has 126 valence electrons. The fourth-order valence-corrected chi connectivity index (χ4v) is 4.37. The maximum Gasteiger partial charge on any atom is 0.284 e. The molecule has 2 saturated carbocycles. The van der Waals surface area contributed by atoms with Gasteiger partial charge in [0.1, 0.15) is 0 Å². The number of benzene rings is 1. The van der Waals surface area contributed by atoms with Gasteiger partial charge in [-0.1, -0.05) is 0 Å². The second kappa shape index (κ2) is 6.14. The summed E-state index contributed by atoms with van der Waals surface area (Å²) < 4.78 is 5.26. The summed E-state index contributed by atoms with van der Waals surface area (Å²) in [5.41, 5.74) is 1.35. The molecular formula is C17H19N3O3S. The van der Waals surface area contributed by atoms with Gasteiger partial charge in [0, 0.05) is 29.7 Å². The average Bonchev–Trinajstić information content (AvgIpc) is 3.31. The van der Waals surface area contributed by atoms with Gasteiger partial charge in [0.2, 0.25) is 5.89 Å². The van der Waals surface area contributed by atoms with Crippen molar-refractivity contribution >= 4 is 18.1 Å². The molecule has 0 radical (unpaired) electrons. The normalized spacial score (nSPS) is 28.2. The maximum atomic E-state index is 12.5. The topological polar surface area (TPSA) is 91.1 Å². The van der Waals surface area contributed by atoms with Crippen LogP contribution in [-0.2, 0) is 0 Å². The summed E-state index contributed by atoms with van der Waals surface area (Å²) in [5, 5.41) is 19.3. The highest BCUT2D eigenvalue weighted by Gasteiger charge is 2.47. The first kappa shape index (κ1) is 15.5. The minimum atomic E-state index is -0.0968. The van der Waals surface area contributed by atoms with E-state index in [1.54, 1.807) is 24.3 Å². The third kappa shape index (κ3) is 2.67. The lowest BCUT2D eigenvalue weighted by molar-refractivity contribution is 0.0861. The Labute approximate surface area is 144 Å². The fraction of sp³-hybridized carbons (Fsp3) is 0.471. The highest BCUT2D eigenvalue weighted by atomic mass is 32.1. The van der Waals surface area contributed by atoms with Crippen LogP contribution in [0.2, 0.25) is 0 Å². The number of aliphatic hydroxyl groups is 1. The summed E-state index contributed by atoms with van der Waals surface area (Å²) in [6, 6.07) is 7.16. The summed E-state index contributed by atoms with van der Waals surface area (Å²) in [4.78, 5) is 12.8. The van der Waals surface area contributed by atoms with Crippen molar-refractivity contribution in [3.63, 3.8) is 0 Å². The first-order valence-electron chi connectivity index (χ1n) is 8.23. The molecule has 0 spiro atoms. The minimum Gasteiger partial charge on any atom is -0.409 e. The van der Waals surface area contributed by atoms with E-state index in [9.17, 15) is 9.90 Å². The molecule has 4 atom stereocenters. The zero-order valence-electron chi connectivity index (χ0n) is 13.1. The van der Waals surface area contributed by atoms with Crippen molar-refractivity contribution < 1.29 is 14.3 Å². The second-order valence-electron chi connectivity index (χ2n) is 6.67. The van der Waals surface area contributed by atoms with Crippen LogP contribution in [-0.4, -0.2) is 33.9 Å². The summed E-state index contributed by atoms with van der Waals surface area (Å²) >= 11 is 4.86. The van der Waals surface area contributed by atoms with Crippen LogP contribution in [0.5, 0.6) is 0 Å². The first-order valence-corrected chi connectivity index (χ1v) is 8.64. The Kier molecular flexibility index (Phi) is 3.97. The molecule has 2 aromatic rings. The van der Waals surface area contributed by atoms with Crippen LogP contribution >= 0.6 is 12.2 Å². The summed E-state index contributed by atoms with van der Waals surface area (Å²) in [7, 11) is 0. The van der Waals surface area contributed by atoms with Crippen LogP contribution in [0.25, 0.3) is 11.5 Å². The predicted octanol–water partition coefficient (Wildman–Crippen LogP) is 2.54. The number of aromatic amines is 1. The lowest BCUT2D eigenvalue weighted by Crippen LogP contribution is -2.45. The van der Waals surface area contributed by atoms with Gasteiger partial charge < -0.3 is 14.8 Å². The van der Waals surface area contributed by atoms with Gasteiger partial charge >= 0.3 is 0 Å². The zero-order chi connectivity index (χ0) is 16.7. The van der Waals surface area contributed by atoms with E-state index in [-0.39, 0.29) is 29.3 Å². The molecule has 24 heavy (non-hydrogen) atoms. The molecule has 2 aliphatic rings. The molecule has 0 saturated heterocycles. The molecule has 6 nitrogen and oxygen atoms in total. The Morgan fingerprint density at radius 1 is 1.33 bits per heavy atom. The number of nitrogens with one attached hydrogen (secondary N) is 2. The smallest absolute Gasteiger partial charge is 0.284 e. The molecular weight excluding hydrogens is 326 g/mol. The number of carbonyl (C=O) groups excluding carboxylic acids is 1. The fourth-order valence-electron chi connectivity index (χ4n) is 4.25. The molecule has 1 heterocycles. The van der Waals surface area contributed by atoms with Gasteiger partial charge in [0.05, 0.1) is 0 Å². The maximum absolute atomic E-state index is 12.5.